The van der Waals surface area contributed by atoms with Gasteiger partial charge in [0, 0.05) is 19.6 Å². The first kappa shape index (κ1) is 8.93. The molecule has 1 rings (SSSR count). The van der Waals surface area contributed by atoms with Crippen LogP contribution in [0.1, 0.15) is 6.92 Å². The van der Waals surface area contributed by atoms with E-state index >= 15 is 0 Å². The molecular formula is C7H16N2O2. The van der Waals surface area contributed by atoms with Crippen molar-refractivity contribution in [2.45, 2.75) is 13.0 Å². The largest absolute Gasteiger partial charge is 0.392 e. The summed E-state index contributed by atoms with van der Waals surface area (Å²) in [6.07, 6.45) is -0.280. The van der Waals surface area contributed by atoms with Crippen LogP contribution in [0.15, 0.2) is 0 Å². The Kier molecular flexibility index (Phi) is 3.79. The highest BCUT2D eigenvalue weighted by atomic mass is 16.5. The molecule has 0 unspecified atom stereocenters. The van der Waals surface area contributed by atoms with E-state index in [0.29, 0.717) is 6.54 Å². The van der Waals surface area contributed by atoms with Gasteiger partial charge in [-0.15, -0.1) is 0 Å². The monoisotopic (exact) mass is 160 g/mol. The van der Waals surface area contributed by atoms with Crippen molar-refractivity contribution in [3.63, 3.8) is 0 Å². The van der Waals surface area contributed by atoms with Crippen LogP contribution in [0, 0.1) is 0 Å². The molecule has 0 spiro atoms. The average Bonchev–Trinajstić information content (AvgIpc) is 2.03. The van der Waals surface area contributed by atoms with Crippen LogP contribution in [-0.2, 0) is 4.74 Å². The number of aliphatic hydroxyl groups excluding tert-OH is 1. The maximum absolute atomic E-state index is 8.96. The van der Waals surface area contributed by atoms with Crippen molar-refractivity contribution >= 4 is 0 Å². The second kappa shape index (κ2) is 4.66. The van der Waals surface area contributed by atoms with Crippen molar-refractivity contribution < 1.29 is 9.84 Å². The van der Waals surface area contributed by atoms with Gasteiger partial charge in [-0.1, -0.05) is 0 Å². The molecule has 4 heteroatoms. The van der Waals surface area contributed by atoms with Crippen molar-refractivity contribution in [3.05, 3.63) is 0 Å². The van der Waals surface area contributed by atoms with Crippen molar-refractivity contribution in [2.75, 3.05) is 32.8 Å². The van der Waals surface area contributed by atoms with E-state index < -0.39 is 0 Å². The zero-order chi connectivity index (χ0) is 8.10. The summed E-state index contributed by atoms with van der Waals surface area (Å²) in [7, 11) is 0. The minimum absolute atomic E-state index is 0.280. The van der Waals surface area contributed by atoms with Crippen molar-refractivity contribution in [3.8, 4) is 0 Å². The standard InChI is InChI=1S/C7H16N2O2/c1-7(10)6-8-9-2-4-11-5-3-9/h7-8,10H,2-6H2,1H3/t7-/m1/s1. The number of aliphatic hydroxyl groups is 1. The van der Waals surface area contributed by atoms with Gasteiger partial charge in [-0.05, 0) is 6.92 Å². The van der Waals surface area contributed by atoms with Gasteiger partial charge >= 0.3 is 0 Å². The third-order valence-corrected chi connectivity index (χ3v) is 1.62. The van der Waals surface area contributed by atoms with Gasteiger partial charge in [-0.2, -0.15) is 0 Å². The molecule has 11 heavy (non-hydrogen) atoms. The Morgan fingerprint density at radius 1 is 1.55 bits per heavy atom. The van der Waals surface area contributed by atoms with Gasteiger partial charge in [0.1, 0.15) is 0 Å². The van der Waals surface area contributed by atoms with Crippen LogP contribution in [0.4, 0.5) is 0 Å². The molecule has 1 saturated heterocycles. The van der Waals surface area contributed by atoms with E-state index in [-0.39, 0.29) is 6.10 Å². The molecule has 1 aliphatic heterocycles. The number of hydrogen-bond acceptors (Lipinski definition) is 4. The third kappa shape index (κ3) is 3.67. The van der Waals surface area contributed by atoms with E-state index in [0.717, 1.165) is 26.3 Å². The molecule has 1 fully saturated rings. The van der Waals surface area contributed by atoms with Gasteiger partial charge < -0.3 is 9.84 Å². The third-order valence-electron chi connectivity index (χ3n) is 1.62. The predicted molar refractivity (Wildman–Crippen MR) is 42.1 cm³/mol. The first-order chi connectivity index (χ1) is 5.29. The summed E-state index contributed by atoms with van der Waals surface area (Å²) in [6.45, 7) is 5.78. The average molecular weight is 160 g/mol. The van der Waals surface area contributed by atoms with E-state index in [9.17, 15) is 0 Å². The normalized spacial score (nSPS) is 23.5. The number of morpholine rings is 1. The highest BCUT2D eigenvalue weighted by Crippen LogP contribution is 1.91. The molecule has 0 radical (unpaired) electrons. The molecule has 0 saturated carbocycles. The first-order valence-corrected chi connectivity index (χ1v) is 4.03. The summed E-state index contributed by atoms with van der Waals surface area (Å²) in [5.74, 6) is 0. The van der Waals surface area contributed by atoms with Crippen LogP contribution in [0.25, 0.3) is 0 Å². The molecule has 2 N–H and O–H groups in total. The second-order valence-corrected chi connectivity index (χ2v) is 2.81. The van der Waals surface area contributed by atoms with E-state index in [1.54, 1.807) is 6.92 Å². The van der Waals surface area contributed by atoms with Gasteiger partial charge in [0.25, 0.3) is 0 Å². The summed E-state index contributed by atoms with van der Waals surface area (Å²) in [5.41, 5.74) is 3.12. The number of rotatable bonds is 3. The molecule has 0 aromatic carbocycles. The molecule has 66 valence electrons. The van der Waals surface area contributed by atoms with Crippen LogP contribution >= 0.6 is 0 Å². The fourth-order valence-electron chi connectivity index (χ4n) is 0.983. The Morgan fingerprint density at radius 2 is 2.18 bits per heavy atom. The zero-order valence-electron chi connectivity index (χ0n) is 6.92. The summed E-state index contributed by atoms with van der Waals surface area (Å²) < 4.78 is 5.16. The maximum atomic E-state index is 8.96. The number of hydrogen-bond donors (Lipinski definition) is 2. The SMILES string of the molecule is C[C@@H](O)CNN1CCOCC1. The highest BCUT2D eigenvalue weighted by Gasteiger charge is 2.09. The fourth-order valence-corrected chi connectivity index (χ4v) is 0.983. The van der Waals surface area contributed by atoms with Crippen molar-refractivity contribution in [1.82, 2.24) is 10.4 Å². The Hall–Kier alpha value is -0.160. The molecule has 0 aromatic rings. The Bertz CT molecular complexity index is 103. The van der Waals surface area contributed by atoms with Gasteiger partial charge in [0.15, 0.2) is 0 Å². The Labute approximate surface area is 67.1 Å². The summed E-state index contributed by atoms with van der Waals surface area (Å²) in [5, 5.41) is 11.0. The van der Waals surface area contributed by atoms with E-state index in [1.165, 1.54) is 0 Å². The summed E-state index contributed by atoms with van der Waals surface area (Å²) in [6, 6.07) is 0. The first-order valence-electron chi connectivity index (χ1n) is 4.03. The van der Waals surface area contributed by atoms with E-state index in [1.807, 2.05) is 0 Å². The molecule has 0 amide bonds. The number of nitrogens with one attached hydrogen (secondary N) is 1. The van der Waals surface area contributed by atoms with Crippen molar-refractivity contribution in [1.29, 1.82) is 0 Å². The topological polar surface area (TPSA) is 44.7 Å². The minimum Gasteiger partial charge on any atom is -0.392 e. The van der Waals surface area contributed by atoms with Crippen LogP contribution in [0.2, 0.25) is 0 Å². The predicted octanol–water partition coefficient (Wildman–Crippen LogP) is -0.796. The highest BCUT2D eigenvalue weighted by molar-refractivity contribution is 4.58. The molecule has 1 heterocycles. The van der Waals surface area contributed by atoms with E-state index in [2.05, 4.69) is 10.4 Å². The van der Waals surface area contributed by atoms with E-state index in [4.69, 9.17) is 9.84 Å². The molecule has 4 nitrogen and oxygen atoms in total. The van der Waals surface area contributed by atoms with Crippen molar-refractivity contribution in [2.24, 2.45) is 0 Å². The second-order valence-electron chi connectivity index (χ2n) is 2.81. The number of ether oxygens (including phenoxy) is 1. The molecule has 0 aromatic heterocycles. The van der Waals surface area contributed by atoms with Crippen LogP contribution < -0.4 is 5.43 Å². The zero-order valence-corrected chi connectivity index (χ0v) is 6.92. The van der Waals surface area contributed by atoms with Crippen LogP contribution in [0.5, 0.6) is 0 Å². The van der Waals surface area contributed by atoms with Gasteiger partial charge in [0.05, 0.1) is 19.3 Å². The van der Waals surface area contributed by atoms with Crippen LogP contribution in [0.3, 0.4) is 0 Å². The van der Waals surface area contributed by atoms with Gasteiger partial charge in [0.2, 0.25) is 0 Å². The molecule has 0 aliphatic carbocycles. The lowest BCUT2D eigenvalue weighted by atomic mass is 10.4. The number of nitrogens with zero attached hydrogens (tertiary/aromatic N) is 1. The number of hydrazine groups is 1. The summed E-state index contributed by atoms with van der Waals surface area (Å²) in [4.78, 5) is 0. The Balaban J connectivity index is 2.05. The lowest BCUT2D eigenvalue weighted by molar-refractivity contribution is 0.00461. The van der Waals surface area contributed by atoms with Crippen LogP contribution in [-0.4, -0.2) is 49.1 Å². The molecular weight excluding hydrogens is 144 g/mol. The minimum atomic E-state index is -0.280. The lowest BCUT2D eigenvalue weighted by Crippen LogP contribution is -2.47. The van der Waals surface area contributed by atoms with Gasteiger partial charge in [-0.25, -0.2) is 5.01 Å². The lowest BCUT2D eigenvalue weighted by Gasteiger charge is -2.27. The van der Waals surface area contributed by atoms with Gasteiger partial charge in [-0.3, -0.25) is 5.43 Å². The molecule has 1 aliphatic rings. The summed E-state index contributed by atoms with van der Waals surface area (Å²) >= 11 is 0. The smallest absolute Gasteiger partial charge is 0.0650 e. The maximum Gasteiger partial charge on any atom is 0.0650 e. The fraction of sp³-hybridized carbons (Fsp3) is 1.00. The Morgan fingerprint density at radius 3 is 2.73 bits per heavy atom. The molecule has 0 bridgehead atoms. The quantitative estimate of drug-likeness (QED) is 0.567. The molecule has 1 atom stereocenters.